The Hall–Kier alpha value is -3.53. The predicted octanol–water partition coefficient (Wildman–Crippen LogP) is 4.48. The van der Waals surface area contributed by atoms with Crippen LogP contribution in [0, 0.1) is 11.7 Å². The van der Waals surface area contributed by atoms with Crippen molar-refractivity contribution in [2.75, 3.05) is 32.1 Å². The lowest BCUT2D eigenvalue weighted by Gasteiger charge is -2.38. The number of benzene rings is 2. The number of likely N-dealkylation sites (N-methyl/N-ethyl adjacent to an activating group) is 1. The Balaban J connectivity index is 1.66. The molecule has 0 radical (unpaired) electrons. The summed E-state index contributed by atoms with van der Waals surface area (Å²) in [6.45, 7) is 4.84. The normalized spacial score (nSPS) is 18.1. The molecule has 3 atom stereocenters. The molecule has 2 N–H and O–H groups in total. The van der Waals surface area contributed by atoms with Crippen molar-refractivity contribution in [1.29, 1.82) is 0 Å². The highest BCUT2D eigenvalue weighted by Crippen LogP contribution is 2.35. The molecule has 10 heteroatoms. The minimum Gasteiger partial charge on any atom is -0.486 e. The minimum absolute atomic E-state index is 0.0686. The van der Waals surface area contributed by atoms with Gasteiger partial charge in [-0.2, -0.15) is 0 Å². The van der Waals surface area contributed by atoms with Crippen LogP contribution in [0.4, 0.5) is 10.1 Å². The number of rotatable bonds is 8. The molecule has 0 bridgehead atoms. The molecule has 1 aliphatic rings. The monoisotopic (exact) mass is 554 g/mol. The fraction of sp³-hybridized carbons (Fsp3) is 0.345. The number of halogens is 2. The van der Waals surface area contributed by atoms with Crippen LogP contribution in [0.3, 0.4) is 0 Å². The van der Waals surface area contributed by atoms with Crippen molar-refractivity contribution in [2.24, 2.45) is 5.92 Å². The SMILES string of the molecule is C[C@H]1CN([C@@H](C)CO)C(=O)c2cccc(NC(=O)c3ccncc3)c2O[C@@H]1CN(C)Cc1ccc(Cl)c(F)c1. The largest absolute Gasteiger partial charge is 0.486 e. The van der Waals surface area contributed by atoms with E-state index in [4.69, 9.17) is 16.3 Å². The number of carbonyl (C=O) groups excluding carboxylic acids is 2. The summed E-state index contributed by atoms with van der Waals surface area (Å²) in [6, 6.07) is 12.5. The molecule has 1 aliphatic heterocycles. The number of pyridine rings is 1. The molecule has 0 aliphatic carbocycles. The van der Waals surface area contributed by atoms with Gasteiger partial charge in [-0.3, -0.25) is 19.5 Å². The third kappa shape index (κ3) is 6.73. The maximum atomic E-state index is 14.0. The molecule has 0 unspecified atom stereocenters. The highest BCUT2D eigenvalue weighted by Gasteiger charge is 2.34. The average Bonchev–Trinajstić information content (AvgIpc) is 2.93. The van der Waals surface area contributed by atoms with Gasteiger partial charge in [0.2, 0.25) is 0 Å². The molecular weight excluding hydrogens is 523 g/mol. The summed E-state index contributed by atoms with van der Waals surface area (Å²) in [5, 5.41) is 12.8. The van der Waals surface area contributed by atoms with E-state index >= 15 is 0 Å². The van der Waals surface area contributed by atoms with E-state index in [1.54, 1.807) is 48.2 Å². The summed E-state index contributed by atoms with van der Waals surface area (Å²) in [5.74, 6) is -1.00. The van der Waals surface area contributed by atoms with Gasteiger partial charge < -0.3 is 20.1 Å². The molecule has 2 aromatic carbocycles. The summed E-state index contributed by atoms with van der Waals surface area (Å²) in [5.41, 5.74) is 1.83. The number of aliphatic hydroxyl groups is 1. The van der Waals surface area contributed by atoms with Crippen LogP contribution in [0.2, 0.25) is 5.02 Å². The van der Waals surface area contributed by atoms with E-state index in [1.165, 1.54) is 24.5 Å². The van der Waals surface area contributed by atoms with Crippen LogP contribution in [0.1, 0.15) is 40.1 Å². The van der Waals surface area contributed by atoms with E-state index in [0.717, 1.165) is 5.56 Å². The Labute approximate surface area is 232 Å². The third-order valence-corrected chi connectivity index (χ3v) is 7.12. The van der Waals surface area contributed by atoms with E-state index in [2.05, 4.69) is 10.3 Å². The Morgan fingerprint density at radius 2 is 2.03 bits per heavy atom. The number of nitrogens with zero attached hydrogens (tertiary/aromatic N) is 3. The molecule has 3 aromatic rings. The molecule has 206 valence electrons. The van der Waals surface area contributed by atoms with E-state index in [0.29, 0.717) is 36.4 Å². The van der Waals surface area contributed by atoms with Crippen LogP contribution in [0.5, 0.6) is 5.75 Å². The van der Waals surface area contributed by atoms with E-state index in [-0.39, 0.29) is 35.1 Å². The zero-order valence-electron chi connectivity index (χ0n) is 22.1. The van der Waals surface area contributed by atoms with Gasteiger partial charge in [-0.1, -0.05) is 30.7 Å². The molecule has 0 spiro atoms. The summed E-state index contributed by atoms with van der Waals surface area (Å²) < 4.78 is 20.5. The van der Waals surface area contributed by atoms with Gasteiger partial charge in [0.1, 0.15) is 11.9 Å². The van der Waals surface area contributed by atoms with E-state index < -0.39 is 18.0 Å². The number of carbonyl (C=O) groups is 2. The van der Waals surface area contributed by atoms with Gasteiger partial charge in [0, 0.05) is 43.5 Å². The Morgan fingerprint density at radius 1 is 1.28 bits per heavy atom. The maximum Gasteiger partial charge on any atom is 0.258 e. The first-order valence-electron chi connectivity index (χ1n) is 12.7. The molecule has 1 aromatic heterocycles. The zero-order valence-corrected chi connectivity index (χ0v) is 22.9. The zero-order chi connectivity index (χ0) is 28.1. The smallest absolute Gasteiger partial charge is 0.258 e. The first-order chi connectivity index (χ1) is 18.7. The van der Waals surface area contributed by atoms with Crippen molar-refractivity contribution in [1.82, 2.24) is 14.8 Å². The van der Waals surface area contributed by atoms with Crippen molar-refractivity contribution in [3.8, 4) is 5.75 Å². The lowest BCUT2D eigenvalue weighted by Crippen LogP contribution is -2.49. The predicted molar refractivity (Wildman–Crippen MR) is 148 cm³/mol. The molecule has 0 saturated carbocycles. The number of aromatic nitrogens is 1. The second kappa shape index (κ2) is 12.5. The first kappa shape index (κ1) is 28.5. The van der Waals surface area contributed by atoms with Crippen LogP contribution < -0.4 is 10.1 Å². The molecular formula is C29H32ClFN4O4. The maximum absolute atomic E-state index is 14.0. The summed E-state index contributed by atoms with van der Waals surface area (Å²) >= 11 is 5.83. The number of para-hydroxylation sites is 1. The van der Waals surface area contributed by atoms with Crippen LogP contribution in [-0.4, -0.2) is 70.6 Å². The Kier molecular flexibility index (Phi) is 9.16. The second-order valence-corrected chi connectivity index (χ2v) is 10.3. The summed E-state index contributed by atoms with van der Waals surface area (Å²) in [4.78, 5) is 34.2. The lowest BCUT2D eigenvalue weighted by molar-refractivity contribution is 0.0343. The Bertz CT molecular complexity index is 1330. The number of hydrogen-bond acceptors (Lipinski definition) is 6. The fourth-order valence-electron chi connectivity index (χ4n) is 4.58. The van der Waals surface area contributed by atoms with Crippen molar-refractivity contribution >= 4 is 29.1 Å². The van der Waals surface area contributed by atoms with E-state index in [1.807, 2.05) is 18.9 Å². The van der Waals surface area contributed by atoms with Gasteiger partial charge in [-0.25, -0.2) is 4.39 Å². The van der Waals surface area contributed by atoms with Crippen LogP contribution in [-0.2, 0) is 6.54 Å². The molecule has 2 heterocycles. The van der Waals surface area contributed by atoms with Gasteiger partial charge in [0.15, 0.2) is 5.75 Å². The molecule has 2 amide bonds. The van der Waals surface area contributed by atoms with Crippen molar-refractivity contribution < 1.29 is 23.8 Å². The quantitative estimate of drug-likeness (QED) is 0.426. The summed E-state index contributed by atoms with van der Waals surface area (Å²) in [7, 11) is 1.90. The molecule has 39 heavy (non-hydrogen) atoms. The second-order valence-electron chi connectivity index (χ2n) is 9.94. The van der Waals surface area contributed by atoms with Gasteiger partial charge in [-0.05, 0) is 55.9 Å². The standard InChI is InChI=1S/C29H32ClFN4O4/c1-18-14-35(19(2)17-36)29(38)22-5-4-6-25(33-28(37)21-9-11-32-12-10-21)27(22)39-26(18)16-34(3)15-20-7-8-23(30)24(31)13-20/h4-13,18-19,26,36H,14-17H2,1-3H3,(H,33,37)/t18-,19-,26+/m0/s1. The number of anilines is 1. The van der Waals surface area contributed by atoms with E-state index in [9.17, 15) is 19.1 Å². The van der Waals surface area contributed by atoms with Crippen molar-refractivity contribution in [3.63, 3.8) is 0 Å². The molecule has 0 saturated heterocycles. The molecule has 0 fully saturated rings. The topological polar surface area (TPSA) is 95.0 Å². The van der Waals surface area contributed by atoms with Gasteiger partial charge >= 0.3 is 0 Å². The van der Waals surface area contributed by atoms with Crippen molar-refractivity contribution in [3.05, 3.63) is 88.5 Å². The fourth-order valence-corrected chi connectivity index (χ4v) is 4.70. The molecule has 4 rings (SSSR count). The minimum atomic E-state index is -0.478. The average molecular weight is 555 g/mol. The van der Waals surface area contributed by atoms with Crippen LogP contribution in [0.15, 0.2) is 60.9 Å². The Morgan fingerprint density at radius 3 is 2.72 bits per heavy atom. The number of amides is 2. The number of aliphatic hydroxyl groups excluding tert-OH is 1. The number of ether oxygens (including phenoxy) is 1. The number of hydrogen-bond donors (Lipinski definition) is 2. The molecule has 8 nitrogen and oxygen atoms in total. The van der Waals surface area contributed by atoms with Gasteiger partial charge in [0.05, 0.1) is 28.9 Å². The third-order valence-electron chi connectivity index (χ3n) is 6.81. The van der Waals surface area contributed by atoms with Gasteiger partial charge in [-0.15, -0.1) is 0 Å². The van der Waals surface area contributed by atoms with Crippen LogP contribution in [0.25, 0.3) is 0 Å². The van der Waals surface area contributed by atoms with Crippen LogP contribution >= 0.6 is 11.6 Å². The summed E-state index contributed by atoms with van der Waals surface area (Å²) in [6.07, 6.45) is 2.66. The number of nitrogens with one attached hydrogen (secondary N) is 1. The number of fused-ring (bicyclic) bond motifs is 1. The van der Waals surface area contributed by atoms with Gasteiger partial charge in [0.25, 0.3) is 11.8 Å². The van der Waals surface area contributed by atoms with Crippen molar-refractivity contribution in [2.45, 2.75) is 32.5 Å². The highest BCUT2D eigenvalue weighted by atomic mass is 35.5. The highest BCUT2D eigenvalue weighted by molar-refractivity contribution is 6.30. The lowest BCUT2D eigenvalue weighted by atomic mass is 9.98. The first-order valence-corrected chi connectivity index (χ1v) is 13.1.